The maximum absolute atomic E-state index is 12.2. The van der Waals surface area contributed by atoms with Gasteiger partial charge in [0, 0.05) is 12.5 Å². The van der Waals surface area contributed by atoms with E-state index in [-0.39, 0.29) is 29.2 Å². The molecule has 0 heterocycles. The van der Waals surface area contributed by atoms with Gasteiger partial charge in [0.05, 0.1) is 0 Å². The van der Waals surface area contributed by atoms with Gasteiger partial charge in [-0.2, -0.15) is 13.2 Å². The van der Waals surface area contributed by atoms with Gasteiger partial charge in [0.1, 0.15) is 0 Å². The SMILES string of the molecule is CC1(C)C(C(CCC(F)(F)F)NN)C1(C)C. The molecule has 1 aliphatic carbocycles. The van der Waals surface area contributed by atoms with Gasteiger partial charge in [0.15, 0.2) is 0 Å². The minimum Gasteiger partial charge on any atom is -0.271 e. The molecule has 0 amide bonds. The molecule has 1 aliphatic rings. The molecule has 1 unspecified atom stereocenters. The largest absolute Gasteiger partial charge is 0.389 e. The highest BCUT2D eigenvalue weighted by Crippen LogP contribution is 2.70. The number of hydrogen-bond acceptors (Lipinski definition) is 2. The maximum Gasteiger partial charge on any atom is 0.389 e. The molecular formula is C11H21F3N2. The van der Waals surface area contributed by atoms with Crippen LogP contribution >= 0.6 is 0 Å². The lowest BCUT2D eigenvalue weighted by atomic mass is 10.0. The summed E-state index contributed by atoms with van der Waals surface area (Å²) in [6, 6.07) is -0.258. The van der Waals surface area contributed by atoms with Gasteiger partial charge in [-0.3, -0.25) is 11.3 Å². The molecule has 96 valence electrons. The minimum atomic E-state index is -4.10. The monoisotopic (exact) mass is 238 g/mol. The van der Waals surface area contributed by atoms with Gasteiger partial charge < -0.3 is 0 Å². The molecule has 16 heavy (non-hydrogen) atoms. The average molecular weight is 238 g/mol. The first kappa shape index (κ1) is 13.8. The third-order valence-corrected chi connectivity index (χ3v) is 4.49. The van der Waals surface area contributed by atoms with E-state index in [0.717, 1.165) is 0 Å². The summed E-state index contributed by atoms with van der Waals surface area (Å²) in [5, 5.41) is 0. The minimum absolute atomic E-state index is 0.0512. The van der Waals surface area contributed by atoms with Crippen molar-refractivity contribution in [3.05, 3.63) is 0 Å². The standard InChI is InChI=1S/C11H21F3N2/c1-9(2)8(10(9,3)4)7(16-15)5-6-11(12,13)14/h7-8,16H,5-6,15H2,1-4H3. The van der Waals surface area contributed by atoms with Crippen LogP contribution in [0.2, 0.25) is 0 Å². The first-order chi connectivity index (χ1) is 7.04. The van der Waals surface area contributed by atoms with Crippen LogP contribution in [0.15, 0.2) is 0 Å². The number of nitrogens with one attached hydrogen (secondary N) is 1. The summed E-state index contributed by atoms with van der Waals surface area (Å²) in [6.45, 7) is 8.32. The number of halogens is 3. The van der Waals surface area contributed by atoms with Crippen LogP contribution in [-0.4, -0.2) is 12.2 Å². The Kier molecular flexibility index (Phi) is 3.34. The van der Waals surface area contributed by atoms with Crippen LogP contribution in [0.1, 0.15) is 40.5 Å². The van der Waals surface area contributed by atoms with Crippen molar-refractivity contribution >= 4 is 0 Å². The molecule has 2 nitrogen and oxygen atoms in total. The Balaban J connectivity index is 2.58. The molecule has 1 fully saturated rings. The third-order valence-electron chi connectivity index (χ3n) is 4.49. The Labute approximate surface area is 94.7 Å². The van der Waals surface area contributed by atoms with Gasteiger partial charge in [0.2, 0.25) is 0 Å². The zero-order chi connectivity index (χ0) is 12.8. The average Bonchev–Trinajstić information content (AvgIpc) is 2.46. The fourth-order valence-corrected chi connectivity index (χ4v) is 2.92. The second kappa shape index (κ2) is 3.88. The topological polar surface area (TPSA) is 38.0 Å². The molecular weight excluding hydrogens is 217 g/mol. The lowest BCUT2D eigenvalue weighted by Crippen LogP contribution is -2.39. The number of hydrazine groups is 1. The second-order valence-electron chi connectivity index (χ2n) is 5.85. The molecule has 0 radical (unpaired) electrons. The van der Waals surface area contributed by atoms with Crippen molar-refractivity contribution < 1.29 is 13.2 Å². The molecule has 0 aliphatic heterocycles. The van der Waals surface area contributed by atoms with Crippen molar-refractivity contribution in [3.63, 3.8) is 0 Å². The number of alkyl halides is 3. The molecule has 0 aromatic heterocycles. The van der Waals surface area contributed by atoms with Gasteiger partial charge in [-0.05, 0) is 23.2 Å². The molecule has 3 N–H and O–H groups in total. The van der Waals surface area contributed by atoms with Gasteiger partial charge in [-0.25, -0.2) is 0 Å². The number of rotatable bonds is 4. The fraction of sp³-hybridized carbons (Fsp3) is 1.00. The Morgan fingerprint density at radius 3 is 1.88 bits per heavy atom. The highest BCUT2D eigenvalue weighted by atomic mass is 19.4. The quantitative estimate of drug-likeness (QED) is 0.584. The Morgan fingerprint density at radius 2 is 1.62 bits per heavy atom. The summed E-state index contributed by atoms with van der Waals surface area (Å²) in [5.74, 6) is 5.57. The molecule has 1 saturated carbocycles. The second-order valence-corrected chi connectivity index (χ2v) is 5.85. The van der Waals surface area contributed by atoms with Crippen LogP contribution in [0.4, 0.5) is 13.2 Å². The molecule has 1 rings (SSSR count). The van der Waals surface area contributed by atoms with Gasteiger partial charge in [-0.1, -0.05) is 27.7 Å². The first-order valence-electron chi connectivity index (χ1n) is 5.57. The van der Waals surface area contributed by atoms with Gasteiger partial charge in [0.25, 0.3) is 0 Å². The van der Waals surface area contributed by atoms with Crippen LogP contribution in [0, 0.1) is 16.7 Å². The summed E-state index contributed by atoms with van der Waals surface area (Å²) in [7, 11) is 0. The maximum atomic E-state index is 12.2. The van der Waals surface area contributed by atoms with Crippen molar-refractivity contribution in [1.82, 2.24) is 5.43 Å². The number of hydrogen-bond donors (Lipinski definition) is 2. The molecule has 5 heteroatoms. The first-order valence-corrected chi connectivity index (χ1v) is 5.57. The van der Waals surface area contributed by atoms with Crippen molar-refractivity contribution in [3.8, 4) is 0 Å². The van der Waals surface area contributed by atoms with Crippen LogP contribution in [0.5, 0.6) is 0 Å². The van der Waals surface area contributed by atoms with Crippen LogP contribution in [0.3, 0.4) is 0 Å². The molecule has 0 aromatic carbocycles. The van der Waals surface area contributed by atoms with Crippen molar-refractivity contribution in [2.24, 2.45) is 22.6 Å². The predicted octanol–water partition coefficient (Wildman–Crippen LogP) is 2.84. The summed E-state index contributed by atoms with van der Waals surface area (Å²) >= 11 is 0. The molecule has 0 aromatic rings. The van der Waals surface area contributed by atoms with Crippen molar-refractivity contribution in [1.29, 1.82) is 0 Å². The Bertz CT molecular complexity index is 244. The van der Waals surface area contributed by atoms with Crippen LogP contribution in [0.25, 0.3) is 0 Å². The van der Waals surface area contributed by atoms with E-state index in [2.05, 4.69) is 33.1 Å². The Morgan fingerprint density at radius 1 is 1.19 bits per heavy atom. The Hall–Kier alpha value is -0.290. The third kappa shape index (κ3) is 2.35. The zero-order valence-electron chi connectivity index (χ0n) is 10.3. The summed E-state index contributed by atoms with van der Waals surface area (Å²) in [4.78, 5) is 0. The van der Waals surface area contributed by atoms with Crippen LogP contribution in [-0.2, 0) is 0 Å². The summed E-state index contributed by atoms with van der Waals surface area (Å²) in [5.41, 5.74) is 2.65. The van der Waals surface area contributed by atoms with Crippen molar-refractivity contribution in [2.75, 3.05) is 0 Å². The lowest BCUT2D eigenvalue weighted by molar-refractivity contribution is -0.137. The normalized spacial score (nSPS) is 25.5. The van der Waals surface area contributed by atoms with E-state index >= 15 is 0 Å². The zero-order valence-corrected chi connectivity index (χ0v) is 10.3. The van der Waals surface area contributed by atoms with Crippen molar-refractivity contribution in [2.45, 2.75) is 52.8 Å². The van der Waals surface area contributed by atoms with E-state index in [0.29, 0.717) is 0 Å². The van der Waals surface area contributed by atoms with E-state index in [1.54, 1.807) is 0 Å². The van der Waals surface area contributed by atoms with E-state index in [1.807, 2.05) is 0 Å². The number of nitrogens with two attached hydrogens (primary N) is 1. The molecule has 0 spiro atoms. The van der Waals surface area contributed by atoms with E-state index in [9.17, 15) is 13.2 Å². The van der Waals surface area contributed by atoms with Gasteiger partial charge in [-0.15, -0.1) is 0 Å². The van der Waals surface area contributed by atoms with Crippen LogP contribution < -0.4 is 11.3 Å². The van der Waals surface area contributed by atoms with Gasteiger partial charge >= 0.3 is 6.18 Å². The summed E-state index contributed by atoms with van der Waals surface area (Å²) in [6.07, 6.45) is -4.82. The fourth-order valence-electron chi connectivity index (χ4n) is 2.92. The lowest BCUT2D eigenvalue weighted by Gasteiger charge is -2.19. The highest BCUT2D eigenvalue weighted by molar-refractivity contribution is 5.15. The van der Waals surface area contributed by atoms with E-state index in [4.69, 9.17) is 5.84 Å². The molecule has 0 bridgehead atoms. The van der Waals surface area contributed by atoms with E-state index < -0.39 is 12.6 Å². The highest BCUT2D eigenvalue weighted by Gasteiger charge is 2.66. The van der Waals surface area contributed by atoms with E-state index in [1.165, 1.54) is 0 Å². The smallest absolute Gasteiger partial charge is 0.271 e. The predicted molar refractivity (Wildman–Crippen MR) is 57.5 cm³/mol. The summed E-state index contributed by atoms with van der Waals surface area (Å²) < 4.78 is 36.5. The molecule has 1 atom stereocenters. The molecule has 0 saturated heterocycles.